The second kappa shape index (κ2) is 5.28. The molecule has 0 atom stereocenters. The highest BCUT2D eigenvalue weighted by molar-refractivity contribution is 9.10. The van der Waals surface area contributed by atoms with Gasteiger partial charge in [0.15, 0.2) is 5.16 Å². The fourth-order valence-electron chi connectivity index (χ4n) is 2.24. The summed E-state index contributed by atoms with van der Waals surface area (Å²) in [5, 5.41) is 9.49. The lowest BCUT2D eigenvalue weighted by Crippen LogP contribution is -2.10. The Balaban J connectivity index is 2.06. The van der Waals surface area contributed by atoms with Gasteiger partial charge < -0.3 is 9.67 Å². The van der Waals surface area contributed by atoms with E-state index in [1.54, 1.807) is 6.07 Å². The number of fused-ring (bicyclic) bond motifs is 1. The molecule has 0 bridgehead atoms. The lowest BCUT2D eigenvalue weighted by molar-refractivity contribution is -0.133. The quantitative estimate of drug-likeness (QED) is 0.808. The molecule has 1 aromatic heterocycles. The van der Waals surface area contributed by atoms with E-state index >= 15 is 0 Å². The number of halogens is 2. The molecule has 1 heterocycles. The summed E-state index contributed by atoms with van der Waals surface area (Å²) in [6.07, 6.45) is 2.27. The average Bonchev–Trinajstić information content (AvgIpc) is 3.05. The fourth-order valence-corrected chi connectivity index (χ4v) is 3.31. The maximum atomic E-state index is 13.8. The minimum atomic E-state index is -0.886. The Hall–Kier alpha value is -1.08. The number of rotatable bonds is 5. The number of hydrogen-bond donors (Lipinski definition) is 1. The summed E-state index contributed by atoms with van der Waals surface area (Å²) in [5.74, 6) is -1.27. The lowest BCUT2D eigenvalue weighted by Gasteiger charge is -2.13. The fraction of sp³-hybridized carbons (Fsp3) is 0.429. The second-order valence-corrected chi connectivity index (χ2v) is 7.53. The molecular formula is C14H14BrFN2O2S. The summed E-state index contributed by atoms with van der Waals surface area (Å²) < 4.78 is 16.1. The predicted molar refractivity (Wildman–Crippen MR) is 83.1 cm³/mol. The molecule has 2 aromatic rings. The summed E-state index contributed by atoms with van der Waals surface area (Å²) in [4.78, 5) is 15.2. The molecule has 1 N–H and O–H groups in total. The summed E-state index contributed by atoms with van der Waals surface area (Å²) in [6.45, 7) is 2.92. The van der Waals surface area contributed by atoms with Crippen LogP contribution in [-0.2, 0) is 11.3 Å². The molecule has 7 heteroatoms. The summed E-state index contributed by atoms with van der Waals surface area (Å²) in [7, 11) is 0. The van der Waals surface area contributed by atoms with Crippen molar-refractivity contribution in [2.75, 3.05) is 5.75 Å². The van der Waals surface area contributed by atoms with Crippen LogP contribution < -0.4 is 0 Å². The van der Waals surface area contributed by atoms with E-state index in [2.05, 4.69) is 27.8 Å². The molecule has 0 unspecified atom stereocenters. The van der Waals surface area contributed by atoms with Crippen LogP contribution in [0, 0.1) is 11.2 Å². The van der Waals surface area contributed by atoms with Gasteiger partial charge in [-0.25, -0.2) is 9.37 Å². The van der Waals surface area contributed by atoms with Gasteiger partial charge in [-0.05, 0) is 40.3 Å². The number of aromatic nitrogens is 2. The van der Waals surface area contributed by atoms with Gasteiger partial charge in [-0.3, -0.25) is 4.79 Å². The van der Waals surface area contributed by atoms with Crippen molar-refractivity contribution in [1.29, 1.82) is 0 Å². The van der Waals surface area contributed by atoms with Crippen LogP contribution in [0.25, 0.3) is 11.0 Å². The summed E-state index contributed by atoms with van der Waals surface area (Å²) in [6, 6.07) is 3.10. The zero-order valence-electron chi connectivity index (χ0n) is 11.4. The molecule has 21 heavy (non-hydrogen) atoms. The van der Waals surface area contributed by atoms with E-state index in [9.17, 15) is 9.18 Å². The SMILES string of the molecule is CC1(Cn2c(SCC(=O)O)nc3cc(Br)c(F)cc32)CC1. The van der Waals surface area contributed by atoms with Crippen molar-refractivity contribution in [2.24, 2.45) is 5.41 Å². The first kappa shape index (κ1) is 14.8. The smallest absolute Gasteiger partial charge is 0.313 e. The number of aliphatic carboxylic acids is 1. The Morgan fingerprint density at radius 3 is 2.90 bits per heavy atom. The molecule has 0 radical (unpaired) electrons. The van der Waals surface area contributed by atoms with Crippen LogP contribution in [0.5, 0.6) is 0 Å². The van der Waals surface area contributed by atoms with Crippen molar-refractivity contribution >= 4 is 44.7 Å². The van der Waals surface area contributed by atoms with Gasteiger partial charge in [0.05, 0.1) is 21.3 Å². The molecule has 0 amide bonds. The monoisotopic (exact) mass is 372 g/mol. The van der Waals surface area contributed by atoms with E-state index in [0.29, 0.717) is 15.1 Å². The number of carbonyl (C=O) groups is 1. The Kier molecular flexibility index (Phi) is 3.73. The number of thioether (sulfide) groups is 1. The molecule has 1 fully saturated rings. The summed E-state index contributed by atoms with van der Waals surface area (Å²) in [5.41, 5.74) is 1.62. The second-order valence-electron chi connectivity index (χ2n) is 5.73. The third kappa shape index (κ3) is 3.08. The topological polar surface area (TPSA) is 55.1 Å². The number of imidazole rings is 1. The third-order valence-electron chi connectivity index (χ3n) is 3.72. The van der Waals surface area contributed by atoms with Gasteiger partial charge in [-0.1, -0.05) is 18.7 Å². The Morgan fingerprint density at radius 2 is 2.29 bits per heavy atom. The Morgan fingerprint density at radius 1 is 1.57 bits per heavy atom. The van der Waals surface area contributed by atoms with Crippen molar-refractivity contribution in [1.82, 2.24) is 9.55 Å². The molecule has 0 saturated heterocycles. The molecule has 1 aliphatic carbocycles. The minimum absolute atomic E-state index is 0.0519. The van der Waals surface area contributed by atoms with Crippen LogP contribution in [0.3, 0.4) is 0 Å². The lowest BCUT2D eigenvalue weighted by atomic mass is 10.1. The molecule has 0 spiro atoms. The van der Waals surface area contributed by atoms with Gasteiger partial charge in [-0.15, -0.1) is 0 Å². The summed E-state index contributed by atoms with van der Waals surface area (Å²) >= 11 is 4.34. The standard InChI is InChI=1S/C14H14BrFN2O2S/c1-14(2-3-14)7-18-11-5-9(16)8(15)4-10(11)17-13(18)21-6-12(19)20/h4-5H,2-3,6-7H2,1H3,(H,19,20). The first-order chi connectivity index (χ1) is 9.88. The molecule has 1 aliphatic rings. The normalized spacial score (nSPS) is 16.3. The minimum Gasteiger partial charge on any atom is -0.481 e. The van der Waals surface area contributed by atoms with Crippen LogP contribution in [-0.4, -0.2) is 26.4 Å². The number of hydrogen-bond acceptors (Lipinski definition) is 3. The first-order valence-corrected chi connectivity index (χ1v) is 8.36. The molecule has 3 rings (SSSR count). The van der Waals surface area contributed by atoms with Crippen LogP contribution in [0.15, 0.2) is 21.8 Å². The van der Waals surface area contributed by atoms with E-state index in [-0.39, 0.29) is 17.0 Å². The number of benzene rings is 1. The molecule has 1 saturated carbocycles. The zero-order valence-corrected chi connectivity index (χ0v) is 13.8. The number of nitrogens with zero attached hydrogens (tertiary/aromatic N) is 2. The molecule has 1 aromatic carbocycles. The zero-order chi connectivity index (χ0) is 15.2. The van der Waals surface area contributed by atoms with Crippen molar-refractivity contribution in [3.63, 3.8) is 0 Å². The largest absolute Gasteiger partial charge is 0.481 e. The van der Waals surface area contributed by atoms with Gasteiger partial charge in [0.2, 0.25) is 0 Å². The van der Waals surface area contributed by atoms with Crippen molar-refractivity contribution in [3.8, 4) is 0 Å². The van der Waals surface area contributed by atoms with Crippen molar-refractivity contribution < 1.29 is 14.3 Å². The van der Waals surface area contributed by atoms with Crippen LogP contribution in [0.1, 0.15) is 19.8 Å². The van der Waals surface area contributed by atoms with Gasteiger partial charge in [0, 0.05) is 12.6 Å². The predicted octanol–water partition coefficient (Wildman–Crippen LogP) is 3.91. The van der Waals surface area contributed by atoms with E-state index in [1.165, 1.54) is 17.8 Å². The number of carboxylic acids is 1. The number of carboxylic acid groups (broad SMARTS) is 1. The molecule has 4 nitrogen and oxygen atoms in total. The Bertz CT molecular complexity index is 727. The van der Waals surface area contributed by atoms with Crippen molar-refractivity contribution in [2.45, 2.75) is 31.5 Å². The van der Waals surface area contributed by atoms with Gasteiger partial charge in [0.1, 0.15) is 5.82 Å². The maximum absolute atomic E-state index is 13.8. The van der Waals surface area contributed by atoms with Crippen molar-refractivity contribution in [3.05, 3.63) is 22.4 Å². The molecule has 0 aliphatic heterocycles. The first-order valence-electron chi connectivity index (χ1n) is 6.58. The third-order valence-corrected chi connectivity index (χ3v) is 5.29. The van der Waals surface area contributed by atoms with E-state index in [1.807, 2.05) is 4.57 Å². The van der Waals surface area contributed by atoms with E-state index in [0.717, 1.165) is 24.9 Å². The molecular weight excluding hydrogens is 359 g/mol. The van der Waals surface area contributed by atoms with Gasteiger partial charge >= 0.3 is 5.97 Å². The van der Waals surface area contributed by atoms with Gasteiger partial charge in [-0.2, -0.15) is 0 Å². The Labute approximate surface area is 133 Å². The molecule has 112 valence electrons. The van der Waals surface area contributed by atoms with Crippen LogP contribution in [0.2, 0.25) is 0 Å². The highest BCUT2D eigenvalue weighted by atomic mass is 79.9. The maximum Gasteiger partial charge on any atom is 0.313 e. The highest BCUT2D eigenvalue weighted by Crippen LogP contribution is 2.47. The average molecular weight is 373 g/mol. The van der Waals surface area contributed by atoms with E-state index in [4.69, 9.17) is 5.11 Å². The van der Waals surface area contributed by atoms with Crippen LogP contribution >= 0.6 is 27.7 Å². The van der Waals surface area contributed by atoms with Crippen LogP contribution in [0.4, 0.5) is 4.39 Å². The highest BCUT2D eigenvalue weighted by Gasteiger charge is 2.38. The van der Waals surface area contributed by atoms with Gasteiger partial charge in [0.25, 0.3) is 0 Å². The van der Waals surface area contributed by atoms with E-state index < -0.39 is 5.97 Å².